The number of urea groups is 4. The molecule has 8 rings (SSSR count). The van der Waals surface area contributed by atoms with Gasteiger partial charge < -0.3 is 33.9 Å². The van der Waals surface area contributed by atoms with Crippen LogP contribution in [0.5, 0.6) is 0 Å². The van der Waals surface area contributed by atoms with Gasteiger partial charge in [-0.3, -0.25) is 39.2 Å². The van der Waals surface area contributed by atoms with E-state index in [4.69, 9.17) is 18.9 Å². The Morgan fingerprint density at radius 3 is 1.29 bits per heavy atom. The van der Waals surface area contributed by atoms with Crippen LogP contribution < -0.4 is 0 Å². The van der Waals surface area contributed by atoms with Crippen LogP contribution in [0.1, 0.15) is 45.4 Å². The normalized spacial score (nSPS) is 35.0. The predicted octanol–water partition coefficient (Wildman–Crippen LogP) is -0.323. The monoisotopic (exact) mass is 678 g/mol. The number of amides is 8. The summed E-state index contributed by atoms with van der Waals surface area (Å²) in [5.74, 6) is -1.79. The molecule has 8 aliphatic rings. The van der Waals surface area contributed by atoms with E-state index < -0.39 is 34.9 Å². The van der Waals surface area contributed by atoms with Gasteiger partial charge in [-0.15, -0.1) is 0 Å². The first-order chi connectivity index (χ1) is 23.0. The number of unbranched alkanes of at least 4 members (excludes halogenated alkanes) is 2. The van der Waals surface area contributed by atoms with Crippen LogP contribution in [0.2, 0.25) is 0 Å². The Hall–Kier alpha value is -3.20. The second kappa shape index (κ2) is 11.2. The lowest BCUT2D eigenvalue weighted by molar-refractivity contribution is -0.292. The Morgan fingerprint density at radius 2 is 0.854 bits per heavy atom. The third-order valence-electron chi connectivity index (χ3n) is 12.0. The second-order valence-corrected chi connectivity index (χ2v) is 14.2. The first-order valence-corrected chi connectivity index (χ1v) is 16.8. The second-order valence-electron chi connectivity index (χ2n) is 14.2. The van der Waals surface area contributed by atoms with Crippen molar-refractivity contribution in [2.75, 3.05) is 94.1 Å². The lowest BCUT2D eigenvalue weighted by Crippen LogP contribution is -2.71. The van der Waals surface area contributed by atoms with Crippen molar-refractivity contribution in [3.05, 3.63) is 0 Å². The van der Waals surface area contributed by atoms with Crippen molar-refractivity contribution in [1.29, 1.82) is 0 Å². The molecule has 0 saturated carbocycles. The van der Waals surface area contributed by atoms with Crippen LogP contribution in [-0.2, 0) is 18.9 Å². The zero-order valence-electron chi connectivity index (χ0n) is 27.9. The number of carbonyl (C=O) groups excluding carboxylic acids is 4. The number of ether oxygens (including phenoxy) is 4. The molecule has 1 N–H and O–H groups in total. The van der Waals surface area contributed by atoms with Gasteiger partial charge in [0, 0.05) is 13.1 Å². The Labute approximate surface area is 278 Å². The van der Waals surface area contributed by atoms with Gasteiger partial charge in [0.15, 0.2) is 17.0 Å². The number of carbonyl (C=O) groups is 4. The summed E-state index contributed by atoms with van der Waals surface area (Å²) in [7, 11) is 4.19. The van der Waals surface area contributed by atoms with Gasteiger partial charge >= 0.3 is 24.1 Å². The number of rotatable bonds is 13. The van der Waals surface area contributed by atoms with Crippen LogP contribution in [0, 0.1) is 0 Å². The van der Waals surface area contributed by atoms with Crippen molar-refractivity contribution in [3.8, 4) is 0 Å². The summed E-state index contributed by atoms with van der Waals surface area (Å²) < 4.78 is 22.3. The Balaban J connectivity index is 0.808. The third kappa shape index (κ3) is 3.83. The molecule has 0 aromatic heterocycles. The van der Waals surface area contributed by atoms with E-state index in [9.17, 15) is 24.3 Å². The van der Waals surface area contributed by atoms with Crippen molar-refractivity contribution in [1.82, 2.24) is 49.0 Å². The minimum absolute atomic E-state index is 0.00876. The smallest absolute Gasteiger partial charge is 0.329 e. The number of aliphatic hydroxyl groups is 1. The Morgan fingerprint density at radius 1 is 0.521 bits per heavy atom. The lowest BCUT2D eigenvalue weighted by Gasteiger charge is -2.50. The summed E-state index contributed by atoms with van der Waals surface area (Å²) in [6.45, 7) is 5.89. The Kier molecular flexibility index (Phi) is 7.45. The minimum Gasteiger partial charge on any atom is -0.350 e. The molecule has 0 aromatic rings. The van der Waals surface area contributed by atoms with E-state index >= 15 is 0 Å². The van der Waals surface area contributed by atoms with Gasteiger partial charge in [-0.1, -0.05) is 0 Å². The SMILES string of the molecule is CN(CCCC[C@]12N3COCN1C(=O)N1COCN(C3=O)[C@]12C)CCN(C)CCCC[C@]12N3COCN1C(=O)N1COCN(C3=O)[C@]12O. The molecular weight excluding hydrogens is 632 g/mol. The fraction of sp³-hybridized carbons (Fsp3) is 0.862. The summed E-state index contributed by atoms with van der Waals surface area (Å²) in [6, 6.07) is -1.13. The van der Waals surface area contributed by atoms with E-state index in [1.807, 2.05) is 6.92 Å². The highest BCUT2D eigenvalue weighted by atomic mass is 16.6. The summed E-state index contributed by atoms with van der Waals surface area (Å²) in [4.78, 5) is 69.8. The van der Waals surface area contributed by atoms with E-state index in [-0.39, 0.29) is 65.9 Å². The molecule has 8 aliphatic heterocycles. The summed E-state index contributed by atoms with van der Waals surface area (Å²) >= 11 is 0. The highest BCUT2D eigenvalue weighted by Gasteiger charge is 2.81. The summed E-state index contributed by atoms with van der Waals surface area (Å²) in [5, 5.41) is 11.9. The molecule has 19 heteroatoms. The number of hydrogen-bond donors (Lipinski definition) is 1. The topological polar surface area (TPSA) is 158 Å². The molecule has 48 heavy (non-hydrogen) atoms. The fourth-order valence-electron chi connectivity index (χ4n) is 9.39. The molecule has 8 fully saturated rings. The van der Waals surface area contributed by atoms with Gasteiger partial charge in [0.05, 0.1) is 0 Å². The van der Waals surface area contributed by atoms with Gasteiger partial charge in [0.25, 0.3) is 5.85 Å². The highest BCUT2D eigenvalue weighted by molar-refractivity contribution is 5.89. The average molecular weight is 679 g/mol. The first kappa shape index (κ1) is 32.0. The Bertz CT molecular complexity index is 1210. The van der Waals surface area contributed by atoms with Crippen LogP contribution in [0.4, 0.5) is 19.2 Å². The van der Waals surface area contributed by atoms with Crippen LogP contribution in [0.15, 0.2) is 0 Å². The zero-order valence-corrected chi connectivity index (χ0v) is 27.9. The third-order valence-corrected chi connectivity index (χ3v) is 12.0. The van der Waals surface area contributed by atoms with Crippen molar-refractivity contribution in [2.24, 2.45) is 0 Å². The maximum absolute atomic E-state index is 13.3. The molecule has 0 aliphatic carbocycles. The lowest BCUT2D eigenvalue weighted by atomic mass is 9.87. The molecule has 19 nitrogen and oxygen atoms in total. The van der Waals surface area contributed by atoms with Crippen molar-refractivity contribution in [3.63, 3.8) is 0 Å². The van der Waals surface area contributed by atoms with Crippen molar-refractivity contribution >= 4 is 24.1 Å². The van der Waals surface area contributed by atoms with Crippen LogP contribution >= 0.6 is 0 Å². The fourth-order valence-corrected chi connectivity index (χ4v) is 9.39. The van der Waals surface area contributed by atoms with Crippen LogP contribution in [0.25, 0.3) is 0 Å². The minimum atomic E-state index is -1.79. The van der Waals surface area contributed by atoms with Crippen LogP contribution in [0.3, 0.4) is 0 Å². The predicted molar refractivity (Wildman–Crippen MR) is 161 cm³/mol. The molecular formula is C29H46N10O9. The molecule has 0 unspecified atom stereocenters. The van der Waals surface area contributed by atoms with Gasteiger partial charge in [-0.05, 0) is 72.6 Å². The molecule has 0 radical (unpaired) electrons. The molecule has 0 atom stereocenters. The highest BCUT2D eigenvalue weighted by Crippen LogP contribution is 2.56. The van der Waals surface area contributed by atoms with Gasteiger partial charge in [-0.25, -0.2) is 19.2 Å². The van der Waals surface area contributed by atoms with E-state index in [1.54, 1.807) is 19.6 Å². The van der Waals surface area contributed by atoms with Gasteiger partial charge in [0.1, 0.15) is 53.8 Å². The van der Waals surface area contributed by atoms with Crippen molar-refractivity contribution in [2.45, 2.75) is 68.3 Å². The quantitative estimate of drug-likeness (QED) is 0.255. The number of hydrogen-bond acceptors (Lipinski definition) is 11. The zero-order chi connectivity index (χ0) is 33.6. The first-order valence-electron chi connectivity index (χ1n) is 16.8. The summed E-state index contributed by atoms with van der Waals surface area (Å²) in [6.07, 6.45) is 4.36. The molecule has 266 valence electrons. The van der Waals surface area contributed by atoms with Crippen molar-refractivity contribution < 1.29 is 43.2 Å². The molecule has 0 bridgehead atoms. The number of likely N-dealkylation sites (N-methyl/N-ethyl adjacent to an activating group) is 2. The van der Waals surface area contributed by atoms with E-state index in [1.165, 1.54) is 19.6 Å². The maximum atomic E-state index is 13.3. The van der Waals surface area contributed by atoms with E-state index in [2.05, 4.69) is 23.9 Å². The average Bonchev–Trinajstić information content (AvgIpc) is 3.59. The molecule has 0 spiro atoms. The van der Waals surface area contributed by atoms with Gasteiger partial charge in [0.2, 0.25) is 0 Å². The molecule has 8 heterocycles. The van der Waals surface area contributed by atoms with Crippen LogP contribution in [-0.4, -0.2) is 195 Å². The van der Waals surface area contributed by atoms with Gasteiger partial charge in [-0.2, -0.15) is 0 Å². The van der Waals surface area contributed by atoms with E-state index in [0.717, 1.165) is 45.4 Å². The summed E-state index contributed by atoms with van der Waals surface area (Å²) in [5.41, 5.74) is -2.80. The molecule has 8 saturated heterocycles. The molecule has 0 aromatic carbocycles. The largest absolute Gasteiger partial charge is 0.350 e. The number of nitrogens with zero attached hydrogens (tertiary/aromatic N) is 10. The molecule has 8 amide bonds. The maximum Gasteiger partial charge on any atom is 0.329 e. The standard InChI is InChI=1S/C29H46N10O9/c1-26-27(34-16-46-17-35(27)23(41)33(26)15-45-14-32(26)22(34)40)8-4-6-10-30(2)12-13-31(3)11-7-5-9-28-29(44)38-20-48-21-39(29)25(43)37(28)19-47-18-36(28)24(38)42/h44H,4-21H2,1-3H3/t26-,27+,28-,29-. The van der Waals surface area contributed by atoms with E-state index in [0.29, 0.717) is 19.3 Å².